The van der Waals surface area contributed by atoms with E-state index in [1.807, 2.05) is 0 Å². The summed E-state index contributed by atoms with van der Waals surface area (Å²) in [5.41, 5.74) is 0.487. The highest BCUT2D eigenvalue weighted by Gasteiger charge is 2.40. The van der Waals surface area contributed by atoms with Crippen LogP contribution in [0.15, 0.2) is 57.3 Å². The van der Waals surface area contributed by atoms with Crippen LogP contribution in [0.2, 0.25) is 5.02 Å². The first-order valence-corrected chi connectivity index (χ1v) is 11.1. The van der Waals surface area contributed by atoms with Crippen LogP contribution in [-0.4, -0.2) is 43.8 Å². The number of nitrogens with zero attached hydrogens (tertiary/aromatic N) is 3. The van der Waals surface area contributed by atoms with Gasteiger partial charge in [-0.05, 0) is 36.4 Å². The summed E-state index contributed by atoms with van der Waals surface area (Å²) in [6.07, 6.45) is 1.53. The molecule has 0 bridgehead atoms. The predicted molar refractivity (Wildman–Crippen MR) is 117 cm³/mol. The molecule has 1 atom stereocenters. The fourth-order valence-electron chi connectivity index (χ4n) is 2.81. The maximum Gasteiger partial charge on any atom is 0.243 e. The minimum atomic E-state index is -0.632. The van der Waals surface area contributed by atoms with Gasteiger partial charge in [-0.1, -0.05) is 35.1 Å². The number of furan rings is 1. The van der Waals surface area contributed by atoms with E-state index in [0.717, 1.165) is 0 Å². The molecular weight excluding hydrogens is 448 g/mol. The van der Waals surface area contributed by atoms with E-state index in [1.165, 1.54) is 34.7 Å². The highest BCUT2D eigenvalue weighted by Crippen LogP contribution is 2.32. The van der Waals surface area contributed by atoms with Crippen LogP contribution in [0.5, 0.6) is 0 Å². The van der Waals surface area contributed by atoms with E-state index in [1.54, 1.807) is 36.4 Å². The first-order chi connectivity index (χ1) is 14.5. The number of ketones is 1. The molecule has 3 heterocycles. The number of thioether (sulfide) groups is 2. The quantitative estimate of drug-likeness (QED) is 0.522. The van der Waals surface area contributed by atoms with Crippen molar-refractivity contribution >= 4 is 63.1 Å². The molecular formula is C19H15ClN4O4S2. The predicted octanol–water partition coefficient (Wildman–Crippen LogP) is 3.14. The molecule has 0 spiro atoms. The van der Waals surface area contributed by atoms with Crippen LogP contribution in [-0.2, 0) is 16.1 Å². The van der Waals surface area contributed by atoms with E-state index in [0.29, 0.717) is 26.7 Å². The largest absolute Gasteiger partial charge is 0.467 e. The second-order valence-corrected chi connectivity index (χ2v) is 8.94. The summed E-state index contributed by atoms with van der Waals surface area (Å²) in [4.78, 5) is 38.4. The van der Waals surface area contributed by atoms with Crippen LogP contribution in [0, 0.1) is 0 Å². The molecule has 2 aromatic rings. The average molecular weight is 463 g/mol. The Bertz CT molecular complexity index is 1040. The third-order valence-electron chi connectivity index (χ3n) is 4.26. The van der Waals surface area contributed by atoms with E-state index in [9.17, 15) is 14.4 Å². The lowest BCUT2D eigenvalue weighted by atomic mass is 10.1. The van der Waals surface area contributed by atoms with Crippen molar-refractivity contribution in [3.05, 3.63) is 59.0 Å². The molecule has 11 heteroatoms. The van der Waals surface area contributed by atoms with Gasteiger partial charge in [0.25, 0.3) is 0 Å². The standard InChI is InChI=1S/C19H15ClN4O4S2/c20-12-5-3-11(4-6-12)14(25)8-15-17(27)24(9-13-2-1-7-28-13)19(30-15)23-22-18-21-16(26)10-29-18/h1-7,15H,8-10H2,(H,21,22,26)/b23-19+/t15-/m1/s1. The van der Waals surface area contributed by atoms with E-state index >= 15 is 0 Å². The molecule has 2 fully saturated rings. The van der Waals surface area contributed by atoms with Gasteiger partial charge in [-0.2, -0.15) is 0 Å². The molecule has 2 saturated heterocycles. The SMILES string of the molecule is O=C1CSC(=N/N=C2/S[C@H](CC(=O)c3ccc(Cl)cc3)C(=O)N2Cc2ccco2)N1. The maximum atomic E-state index is 13.0. The number of amides is 2. The molecule has 2 aliphatic rings. The summed E-state index contributed by atoms with van der Waals surface area (Å²) in [5, 5.41) is 11.4. The molecule has 2 amide bonds. The van der Waals surface area contributed by atoms with Gasteiger partial charge in [-0.3, -0.25) is 19.3 Å². The van der Waals surface area contributed by atoms with Gasteiger partial charge in [0.2, 0.25) is 11.8 Å². The van der Waals surface area contributed by atoms with Crippen LogP contribution >= 0.6 is 35.1 Å². The molecule has 1 aromatic carbocycles. The van der Waals surface area contributed by atoms with Gasteiger partial charge in [0.15, 0.2) is 16.1 Å². The molecule has 4 rings (SSSR count). The third kappa shape index (κ3) is 4.77. The number of rotatable bonds is 6. The molecule has 154 valence electrons. The number of Topliss-reactive ketones (excluding diaryl/α,β-unsaturated/α-hetero) is 1. The summed E-state index contributed by atoms with van der Waals surface area (Å²) >= 11 is 8.28. The summed E-state index contributed by atoms with van der Waals surface area (Å²) in [6, 6.07) is 10.0. The lowest BCUT2D eigenvalue weighted by Crippen LogP contribution is -2.32. The van der Waals surface area contributed by atoms with Crippen molar-refractivity contribution in [3.63, 3.8) is 0 Å². The van der Waals surface area contributed by atoms with Gasteiger partial charge < -0.3 is 9.73 Å². The van der Waals surface area contributed by atoms with Crippen molar-refractivity contribution < 1.29 is 18.8 Å². The maximum absolute atomic E-state index is 13.0. The average Bonchev–Trinajstić information content (AvgIpc) is 3.45. The van der Waals surface area contributed by atoms with Crippen LogP contribution in [0.4, 0.5) is 0 Å². The van der Waals surface area contributed by atoms with Crippen LogP contribution in [0.3, 0.4) is 0 Å². The van der Waals surface area contributed by atoms with Gasteiger partial charge in [0.05, 0.1) is 23.8 Å². The summed E-state index contributed by atoms with van der Waals surface area (Å²) < 4.78 is 5.35. The fourth-order valence-corrected chi connectivity index (χ4v) is 4.65. The number of hydrogen-bond donors (Lipinski definition) is 1. The van der Waals surface area contributed by atoms with Crippen LogP contribution in [0.1, 0.15) is 22.5 Å². The van der Waals surface area contributed by atoms with E-state index in [-0.39, 0.29) is 36.3 Å². The molecule has 1 N–H and O–H groups in total. The van der Waals surface area contributed by atoms with Crippen LogP contribution < -0.4 is 5.32 Å². The molecule has 0 aliphatic carbocycles. The van der Waals surface area contributed by atoms with E-state index in [2.05, 4.69) is 15.5 Å². The van der Waals surface area contributed by atoms with Gasteiger partial charge in [-0.15, -0.1) is 10.2 Å². The van der Waals surface area contributed by atoms with Gasteiger partial charge >= 0.3 is 0 Å². The number of carbonyl (C=O) groups excluding carboxylic acids is 3. The molecule has 0 unspecified atom stereocenters. The smallest absolute Gasteiger partial charge is 0.243 e. The Morgan fingerprint density at radius 3 is 2.70 bits per heavy atom. The summed E-state index contributed by atoms with van der Waals surface area (Å²) in [7, 11) is 0. The Morgan fingerprint density at radius 1 is 1.23 bits per heavy atom. The van der Waals surface area contributed by atoms with Crippen molar-refractivity contribution in [2.24, 2.45) is 10.2 Å². The fraction of sp³-hybridized carbons (Fsp3) is 0.211. The molecule has 2 aliphatic heterocycles. The Hall–Kier alpha value is -2.56. The molecule has 1 aromatic heterocycles. The van der Waals surface area contributed by atoms with Gasteiger partial charge in [0.1, 0.15) is 5.76 Å². The number of hydrogen-bond acceptors (Lipinski definition) is 8. The van der Waals surface area contributed by atoms with Gasteiger partial charge in [0, 0.05) is 17.0 Å². The number of nitrogens with one attached hydrogen (secondary N) is 1. The number of benzene rings is 1. The third-order valence-corrected chi connectivity index (χ3v) is 6.55. The first kappa shape index (κ1) is 20.7. The minimum Gasteiger partial charge on any atom is -0.467 e. The summed E-state index contributed by atoms with van der Waals surface area (Å²) in [6.45, 7) is 0.174. The Kier molecular flexibility index (Phi) is 6.26. The Balaban J connectivity index is 1.53. The van der Waals surface area contributed by atoms with Crippen LogP contribution in [0.25, 0.3) is 0 Å². The van der Waals surface area contributed by atoms with Crippen molar-refractivity contribution in [2.75, 3.05) is 5.75 Å². The molecule has 0 saturated carbocycles. The van der Waals surface area contributed by atoms with Crippen molar-refractivity contribution in [3.8, 4) is 0 Å². The second kappa shape index (κ2) is 9.07. The first-order valence-electron chi connectivity index (χ1n) is 8.87. The number of amidine groups is 2. The van der Waals surface area contributed by atoms with Crippen molar-refractivity contribution in [1.29, 1.82) is 0 Å². The second-order valence-electron chi connectivity index (χ2n) is 6.37. The summed E-state index contributed by atoms with van der Waals surface area (Å²) in [5.74, 6) is 0.303. The zero-order valence-electron chi connectivity index (χ0n) is 15.4. The highest BCUT2D eigenvalue weighted by atomic mass is 35.5. The zero-order valence-corrected chi connectivity index (χ0v) is 17.8. The normalized spacial score (nSPS) is 21.6. The van der Waals surface area contributed by atoms with Crippen molar-refractivity contribution in [2.45, 2.75) is 18.2 Å². The van der Waals surface area contributed by atoms with E-state index < -0.39 is 5.25 Å². The van der Waals surface area contributed by atoms with E-state index in [4.69, 9.17) is 16.0 Å². The minimum absolute atomic E-state index is 0.0147. The molecule has 8 nitrogen and oxygen atoms in total. The van der Waals surface area contributed by atoms with Crippen molar-refractivity contribution in [1.82, 2.24) is 10.2 Å². The topological polar surface area (TPSA) is 104 Å². The molecule has 30 heavy (non-hydrogen) atoms. The monoisotopic (exact) mass is 462 g/mol. The Morgan fingerprint density at radius 2 is 2.03 bits per heavy atom. The number of carbonyl (C=O) groups is 3. The molecule has 0 radical (unpaired) electrons. The van der Waals surface area contributed by atoms with Gasteiger partial charge in [-0.25, -0.2) is 0 Å². The number of halogens is 1. The lowest BCUT2D eigenvalue weighted by molar-refractivity contribution is -0.126. The Labute approximate surface area is 185 Å². The highest BCUT2D eigenvalue weighted by molar-refractivity contribution is 8.15. The zero-order chi connectivity index (χ0) is 21.1. The lowest BCUT2D eigenvalue weighted by Gasteiger charge is -2.14.